The van der Waals surface area contributed by atoms with Crippen LogP contribution in [-0.4, -0.2) is 40.1 Å². The summed E-state index contributed by atoms with van der Waals surface area (Å²) in [5.41, 5.74) is 9.01. The number of fused-ring (bicyclic) bond motifs is 3. The Balaban J connectivity index is 1.62. The minimum Gasteiger partial charge on any atom is -0.356 e. The molecule has 4 N–H and O–H groups in total. The second-order valence-electron chi connectivity index (χ2n) is 7.64. The highest BCUT2D eigenvalue weighted by atomic mass is 19.1. The van der Waals surface area contributed by atoms with E-state index in [9.17, 15) is 8.78 Å². The molecule has 0 radical (unpaired) electrons. The van der Waals surface area contributed by atoms with Gasteiger partial charge in [0.2, 0.25) is 0 Å². The quantitative estimate of drug-likeness (QED) is 0.602. The van der Waals surface area contributed by atoms with Crippen LogP contribution in [0.25, 0.3) is 11.3 Å². The molecular weight excluding hydrogens is 388 g/mol. The molecule has 7 nitrogen and oxygen atoms in total. The minimum atomic E-state index is -0.693. The maximum absolute atomic E-state index is 14.5. The molecule has 0 atom stereocenters. The van der Waals surface area contributed by atoms with E-state index in [1.54, 1.807) is 6.20 Å². The van der Waals surface area contributed by atoms with Crippen molar-refractivity contribution < 1.29 is 8.78 Å². The van der Waals surface area contributed by atoms with Crippen molar-refractivity contribution >= 4 is 23.0 Å². The summed E-state index contributed by atoms with van der Waals surface area (Å²) in [5.74, 6) is -0.494. The normalized spacial score (nSPS) is 16.4. The zero-order valence-electron chi connectivity index (χ0n) is 16.4. The first-order chi connectivity index (χ1) is 14.5. The number of benzene rings is 1. The first-order valence-electron chi connectivity index (χ1n) is 9.87. The van der Waals surface area contributed by atoms with E-state index in [0.717, 1.165) is 37.3 Å². The second kappa shape index (κ2) is 7.17. The predicted octanol–water partition coefficient (Wildman–Crippen LogP) is 3.49. The number of aromatic nitrogens is 3. The summed E-state index contributed by atoms with van der Waals surface area (Å²) in [5, 5.41) is 10.4. The van der Waals surface area contributed by atoms with E-state index in [1.165, 1.54) is 18.2 Å². The van der Waals surface area contributed by atoms with Gasteiger partial charge >= 0.3 is 0 Å². The van der Waals surface area contributed by atoms with Gasteiger partial charge in [-0.15, -0.1) is 0 Å². The number of hydrogen-bond donors (Lipinski definition) is 3. The monoisotopic (exact) mass is 409 g/mol. The van der Waals surface area contributed by atoms with Gasteiger partial charge in [0.15, 0.2) is 0 Å². The van der Waals surface area contributed by atoms with Gasteiger partial charge in [0.25, 0.3) is 0 Å². The lowest BCUT2D eigenvalue weighted by Crippen LogP contribution is -2.40. The van der Waals surface area contributed by atoms with E-state index in [0.29, 0.717) is 22.8 Å². The number of rotatable bonds is 2. The Kier molecular flexibility index (Phi) is 4.47. The third-order valence-corrected chi connectivity index (χ3v) is 5.60. The lowest BCUT2D eigenvalue weighted by molar-refractivity contribution is 0.499. The number of piperidine rings is 1. The maximum Gasteiger partial charge on any atom is 0.144 e. The Morgan fingerprint density at radius 1 is 1.17 bits per heavy atom. The summed E-state index contributed by atoms with van der Waals surface area (Å²) in [6.07, 6.45) is 3.47. The lowest BCUT2D eigenvalue weighted by atomic mass is 10.1. The third kappa shape index (κ3) is 3.11. The summed E-state index contributed by atoms with van der Waals surface area (Å²) >= 11 is 0. The molecule has 3 aromatic rings. The summed E-state index contributed by atoms with van der Waals surface area (Å²) < 4.78 is 28.9. The minimum absolute atomic E-state index is 0.0774. The van der Waals surface area contributed by atoms with Crippen LogP contribution in [0.5, 0.6) is 0 Å². The molecule has 0 amide bonds. The van der Waals surface area contributed by atoms with Gasteiger partial charge in [0.1, 0.15) is 34.7 Å². The molecule has 0 spiro atoms. The highest BCUT2D eigenvalue weighted by molar-refractivity contribution is 6.13. The zero-order valence-corrected chi connectivity index (χ0v) is 16.4. The van der Waals surface area contributed by atoms with Gasteiger partial charge in [-0.25, -0.2) is 18.8 Å². The van der Waals surface area contributed by atoms with Gasteiger partial charge in [-0.2, -0.15) is 5.10 Å². The van der Waals surface area contributed by atoms with Crippen LogP contribution in [0.1, 0.15) is 24.1 Å². The number of anilines is 2. The first kappa shape index (κ1) is 18.7. The summed E-state index contributed by atoms with van der Waals surface area (Å²) in [7, 11) is 0. The number of aromatic amines is 1. The Morgan fingerprint density at radius 3 is 2.63 bits per heavy atom. The molecule has 5 rings (SSSR count). The van der Waals surface area contributed by atoms with Crippen LogP contribution in [0.15, 0.2) is 35.5 Å². The van der Waals surface area contributed by atoms with Crippen LogP contribution in [0, 0.1) is 18.6 Å². The van der Waals surface area contributed by atoms with E-state index in [2.05, 4.69) is 30.4 Å². The van der Waals surface area contributed by atoms with Crippen molar-refractivity contribution in [3.63, 3.8) is 0 Å². The largest absolute Gasteiger partial charge is 0.356 e. The van der Waals surface area contributed by atoms with Gasteiger partial charge in [-0.05, 0) is 38.0 Å². The number of nitrogens with zero attached hydrogens (tertiary/aromatic N) is 4. The molecule has 9 heteroatoms. The fourth-order valence-electron chi connectivity index (χ4n) is 3.90. The summed E-state index contributed by atoms with van der Waals surface area (Å²) in [4.78, 5) is 11.3. The summed E-state index contributed by atoms with van der Waals surface area (Å²) in [6, 6.07) is 5.90. The SMILES string of the molecule is Cc1[nH]nc2c1N=C(c1c(F)cccc1F)Nc1cnc(N3CCC(N)CC3)cc1-2. The van der Waals surface area contributed by atoms with Crippen molar-refractivity contribution in [3.8, 4) is 11.3 Å². The molecule has 154 valence electrons. The Hall–Kier alpha value is -3.33. The Labute approximate surface area is 172 Å². The number of halogens is 2. The third-order valence-electron chi connectivity index (χ3n) is 5.60. The molecule has 1 fully saturated rings. The molecule has 2 aromatic heterocycles. The topological polar surface area (TPSA) is 95.2 Å². The predicted molar refractivity (Wildman–Crippen MR) is 112 cm³/mol. The molecule has 2 aliphatic heterocycles. The Bertz CT molecular complexity index is 1130. The van der Waals surface area contributed by atoms with E-state index in [1.807, 2.05) is 13.0 Å². The van der Waals surface area contributed by atoms with Gasteiger partial charge < -0.3 is 16.0 Å². The lowest BCUT2D eigenvalue weighted by Gasteiger charge is -2.31. The highest BCUT2D eigenvalue weighted by Crippen LogP contribution is 2.40. The fourth-order valence-corrected chi connectivity index (χ4v) is 3.90. The van der Waals surface area contributed by atoms with Crippen LogP contribution in [0.4, 0.5) is 26.0 Å². The number of aliphatic imine (C=N–C) groups is 1. The van der Waals surface area contributed by atoms with Gasteiger partial charge in [-0.3, -0.25) is 5.10 Å². The van der Waals surface area contributed by atoms with Crippen molar-refractivity contribution in [2.24, 2.45) is 10.7 Å². The number of H-pyrrole nitrogens is 1. The summed E-state index contributed by atoms with van der Waals surface area (Å²) in [6.45, 7) is 3.48. The molecule has 0 aliphatic carbocycles. The van der Waals surface area contributed by atoms with Crippen LogP contribution in [0.3, 0.4) is 0 Å². The highest BCUT2D eigenvalue weighted by Gasteiger charge is 2.26. The fraction of sp³-hybridized carbons (Fsp3) is 0.286. The molecule has 4 heterocycles. The smallest absolute Gasteiger partial charge is 0.144 e. The molecule has 2 aliphatic rings. The number of nitrogens with two attached hydrogens (primary N) is 1. The number of nitrogens with one attached hydrogen (secondary N) is 2. The molecule has 0 bridgehead atoms. The van der Waals surface area contributed by atoms with Gasteiger partial charge in [0, 0.05) is 24.7 Å². The van der Waals surface area contributed by atoms with Crippen molar-refractivity contribution in [1.29, 1.82) is 0 Å². The standard InChI is InChI=1S/C21H21F2N7/c1-11-19-20(29-28-11)13-9-17(30-7-5-12(24)6-8-30)25-10-16(13)26-21(27-19)18-14(22)3-2-4-15(18)23/h2-4,9-10,12H,5-8,24H2,1H3,(H,26,27)(H,28,29). The number of aryl methyl sites for hydroxylation is 1. The number of amidine groups is 1. The van der Waals surface area contributed by atoms with Crippen LogP contribution in [-0.2, 0) is 0 Å². The van der Waals surface area contributed by atoms with Crippen molar-refractivity contribution in [2.75, 3.05) is 23.3 Å². The van der Waals surface area contributed by atoms with Crippen molar-refractivity contribution in [3.05, 3.63) is 53.4 Å². The maximum atomic E-state index is 14.5. The first-order valence-corrected chi connectivity index (χ1v) is 9.87. The number of hydrogen-bond acceptors (Lipinski definition) is 6. The van der Waals surface area contributed by atoms with Crippen LogP contribution in [0.2, 0.25) is 0 Å². The number of pyridine rings is 1. The molecular formula is C21H21F2N7. The zero-order chi connectivity index (χ0) is 20.8. The van der Waals surface area contributed by atoms with Crippen LogP contribution < -0.4 is 16.0 Å². The average molecular weight is 409 g/mol. The average Bonchev–Trinajstić information content (AvgIpc) is 3.00. The molecule has 0 unspecified atom stereocenters. The molecule has 30 heavy (non-hydrogen) atoms. The van der Waals surface area contributed by atoms with E-state index in [-0.39, 0.29) is 17.4 Å². The van der Waals surface area contributed by atoms with Crippen LogP contribution >= 0.6 is 0 Å². The van der Waals surface area contributed by atoms with Gasteiger partial charge in [-0.1, -0.05) is 6.07 Å². The van der Waals surface area contributed by atoms with Crippen molar-refractivity contribution in [2.45, 2.75) is 25.8 Å². The van der Waals surface area contributed by atoms with E-state index < -0.39 is 11.6 Å². The molecule has 0 saturated carbocycles. The Morgan fingerprint density at radius 2 is 1.90 bits per heavy atom. The van der Waals surface area contributed by atoms with Crippen molar-refractivity contribution in [1.82, 2.24) is 15.2 Å². The van der Waals surface area contributed by atoms with E-state index >= 15 is 0 Å². The van der Waals surface area contributed by atoms with Gasteiger partial charge in [0.05, 0.1) is 23.1 Å². The molecule has 1 aromatic carbocycles. The van der Waals surface area contributed by atoms with E-state index in [4.69, 9.17) is 5.73 Å². The second-order valence-corrected chi connectivity index (χ2v) is 7.64. The molecule has 1 saturated heterocycles.